The van der Waals surface area contributed by atoms with Crippen LogP contribution in [0.4, 0.5) is 0 Å². The van der Waals surface area contributed by atoms with E-state index in [4.69, 9.17) is 14.2 Å². The third-order valence-electron chi connectivity index (χ3n) is 13.3. The summed E-state index contributed by atoms with van der Waals surface area (Å²) in [7, 11) is 1.59. The van der Waals surface area contributed by atoms with Gasteiger partial charge in [-0.15, -0.1) is 0 Å². The van der Waals surface area contributed by atoms with Crippen LogP contribution in [0.5, 0.6) is 0 Å². The molecule has 6 nitrogen and oxygen atoms in total. The number of aliphatic hydroxyl groups is 1. The van der Waals surface area contributed by atoms with E-state index in [0.29, 0.717) is 51.9 Å². The first-order valence-electron chi connectivity index (χ1n) is 18.1. The number of ether oxygens (including phenoxy) is 3. The number of allylic oxidation sites excluding steroid dienone is 2. The fourth-order valence-electron chi connectivity index (χ4n) is 11.5. The van der Waals surface area contributed by atoms with Crippen LogP contribution in [-0.4, -0.2) is 47.8 Å². The van der Waals surface area contributed by atoms with Crippen molar-refractivity contribution in [2.45, 2.75) is 103 Å². The maximum atomic E-state index is 12.6. The third-order valence-corrected chi connectivity index (χ3v) is 13.3. The number of esters is 1. The number of cyclic esters (lactones) is 1. The zero-order chi connectivity index (χ0) is 31.7. The van der Waals surface area contributed by atoms with Crippen LogP contribution in [0.2, 0.25) is 0 Å². The van der Waals surface area contributed by atoms with E-state index in [9.17, 15) is 9.90 Å². The van der Waals surface area contributed by atoms with Crippen molar-refractivity contribution in [1.82, 2.24) is 4.90 Å². The van der Waals surface area contributed by atoms with Gasteiger partial charge in [-0.05, 0) is 92.6 Å². The molecule has 4 aliphatic heterocycles. The molecule has 46 heavy (non-hydrogen) atoms. The lowest BCUT2D eigenvalue weighted by Gasteiger charge is -2.53. The minimum atomic E-state index is -0.402. The molecule has 1 aromatic carbocycles. The molecule has 1 spiro atoms. The normalized spacial score (nSPS) is 40.6. The van der Waals surface area contributed by atoms with E-state index < -0.39 is 6.10 Å². The third kappa shape index (κ3) is 4.68. The molecule has 1 N–H and O–H groups in total. The number of carbonyl (C=O) groups is 1. The van der Waals surface area contributed by atoms with Gasteiger partial charge >= 0.3 is 5.97 Å². The van der Waals surface area contributed by atoms with Crippen LogP contribution >= 0.6 is 0 Å². The van der Waals surface area contributed by atoms with Crippen molar-refractivity contribution in [2.24, 2.45) is 40.9 Å². The molecule has 1 aromatic rings. The van der Waals surface area contributed by atoms with E-state index in [1.807, 2.05) is 0 Å². The Morgan fingerprint density at radius 3 is 2.59 bits per heavy atom. The first-order chi connectivity index (χ1) is 22.3. The molecule has 0 bridgehead atoms. The Balaban J connectivity index is 1.23. The first-order valence-corrected chi connectivity index (χ1v) is 18.1. The fourth-order valence-corrected chi connectivity index (χ4v) is 11.5. The topological polar surface area (TPSA) is 68.2 Å². The number of hydrogen-bond donors (Lipinski definition) is 1. The maximum Gasteiger partial charge on any atom is 0.343 e. The molecule has 8 rings (SSSR count). The Morgan fingerprint density at radius 1 is 1.07 bits per heavy atom. The second-order valence-corrected chi connectivity index (χ2v) is 15.7. The van der Waals surface area contributed by atoms with E-state index >= 15 is 0 Å². The van der Waals surface area contributed by atoms with Gasteiger partial charge < -0.3 is 19.3 Å². The monoisotopic (exact) mass is 625 g/mol. The second-order valence-electron chi connectivity index (χ2n) is 15.7. The summed E-state index contributed by atoms with van der Waals surface area (Å²) in [6.45, 7) is 7.25. The SMILES string of the molecule is COC1=C(C)C(=O)OC1=C1OC2=CCCN3[C@@H]([C@@H](O)[C@@H]4C=CC[C@@H](C)C4)[C@@H]4CC5(CCCC5)[C@@H](c5ccccc5)[C@H]4C[C@@H]3[C@H]2[C@@H]1C. The lowest BCUT2D eigenvalue weighted by atomic mass is 9.65. The summed E-state index contributed by atoms with van der Waals surface area (Å²) in [5, 5.41) is 12.6. The van der Waals surface area contributed by atoms with E-state index in [0.717, 1.165) is 38.0 Å². The van der Waals surface area contributed by atoms with Crippen LogP contribution in [0.3, 0.4) is 0 Å². The van der Waals surface area contributed by atoms with Gasteiger partial charge in [-0.2, -0.15) is 0 Å². The molecule has 0 aromatic heterocycles. The summed E-state index contributed by atoms with van der Waals surface area (Å²) in [5.74, 6) is 4.64. The standard InChI is InChI=1S/C40H51NO5/c1-23-12-10-15-27(20-23)35(42)34-29-22-40(17-8-9-18-40)33(26-13-6-5-7-14-26)28(29)21-30-32-24(2)37(45-31(32)16-11-19-41(30)34)38-36(44-4)25(3)39(43)46-38/h5-7,10,13-16,23-24,27-30,32-35,42H,8-9,11-12,17-22H2,1-4H3/t23-,24+,27-,28+,29-,30-,32-,33+,34-,35+/m1/s1. The van der Waals surface area contributed by atoms with Crippen molar-refractivity contribution in [3.05, 3.63) is 82.7 Å². The average Bonchev–Trinajstić information content (AvgIpc) is 3.78. The van der Waals surface area contributed by atoms with Crippen molar-refractivity contribution >= 4 is 5.97 Å². The Morgan fingerprint density at radius 2 is 1.85 bits per heavy atom. The second kappa shape index (κ2) is 11.7. The van der Waals surface area contributed by atoms with E-state index in [1.165, 1.54) is 37.7 Å². The van der Waals surface area contributed by atoms with Crippen LogP contribution in [0.1, 0.15) is 90.0 Å². The lowest BCUT2D eigenvalue weighted by molar-refractivity contribution is -0.133. The molecule has 6 heteroatoms. The number of piperidine rings is 1. The van der Waals surface area contributed by atoms with E-state index in [2.05, 4.69) is 67.3 Å². The van der Waals surface area contributed by atoms with E-state index in [-0.39, 0.29) is 35.8 Å². The van der Waals surface area contributed by atoms with Gasteiger partial charge in [0.05, 0.1) is 18.8 Å². The molecular formula is C40H51NO5. The molecule has 0 radical (unpaired) electrons. The Kier molecular flexibility index (Phi) is 7.76. The van der Waals surface area contributed by atoms with Gasteiger partial charge in [0.2, 0.25) is 5.76 Å². The van der Waals surface area contributed by atoms with Gasteiger partial charge in [0, 0.05) is 36.4 Å². The highest BCUT2D eigenvalue weighted by atomic mass is 16.6. The molecule has 7 aliphatic rings. The van der Waals surface area contributed by atoms with Gasteiger partial charge in [-0.1, -0.05) is 69.2 Å². The quantitative estimate of drug-likeness (QED) is 0.274. The summed E-state index contributed by atoms with van der Waals surface area (Å²) in [4.78, 5) is 15.4. The number of hydrogen-bond acceptors (Lipinski definition) is 6. The highest BCUT2D eigenvalue weighted by molar-refractivity contribution is 5.93. The molecule has 4 fully saturated rings. The van der Waals surface area contributed by atoms with Gasteiger partial charge in [-0.3, -0.25) is 4.90 Å². The molecule has 0 unspecified atom stereocenters. The summed E-state index contributed by atoms with van der Waals surface area (Å²) in [6, 6.07) is 11.7. The fraction of sp³-hybridized carbons (Fsp3) is 0.625. The van der Waals surface area contributed by atoms with Crippen LogP contribution in [-0.2, 0) is 19.0 Å². The number of fused-ring (bicyclic) bond motifs is 4. The molecule has 3 aliphatic carbocycles. The van der Waals surface area contributed by atoms with Crippen molar-refractivity contribution < 1.29 is 24.1 Å². The van der Waals surface area contributed by atoms with Crippen LogP contribution in [0.15, 0.2) is 77.2 Å². The largest absolute Gasteiger partial charge is 0.492 e. The van der Waals surface area contributed by atoms with Gasteiger partial charge in [0.1, 0.15) is 5.76 Å². The molecule has 246 valence electrons. The lowest BCUT2D eigenvalue weighted by Crippen LogP contribution is -2.61. The number of nitrogens with zero attached hydrogens (tertiary/aromatic N) is 1. The molecule has 2 saturated heterocycles. The summed E-state index contributed by atoms with van der Waals surface area (Å²) in [6.07, 6.45) is 17.1. The summed E-state index contributed by atoms with van der Waals surface area (Å²) in [5.41, 5.74) is 2.29. The Bertz CT molecular complexity index is 1480. The van der Waals surface area contributed by atoms with Crippen molar-refractivity contribution in [1.29, 1.82) is 0 Å². The predicted molar refractivity (Wildman–Crippen MR) is 177 cm³/mol. The number of benzene rings is 1. The number of carbonyl (C=O) groups excluding carboxylic acids is 1. The molecule has 4 heterocycles. The van der Waals surface area contributed by atoms with Crippen LogP contribution in [0, 0.1) is 40.9 Å². The molecule has 0 amide bonds. The van der Waals surface area contributed by atoms with Gasteiger partial charge in [0.15, 0.2) is 11.5 Å². The smallest absolute Gasteiger partial charge is 0.343 e. The highest BCUT2D eigenvalue weighted by Crippen LogP contribution is 2.67. The summed E-state index contributed by atoms with van der Waals surface area (Å²) >= 11 is 0. The summed E-state index contributed by atoms with van der Waals surface area (Å²) < 4.78 is 18.2. The zero-order valence-corrected chi connectivity index (χ0v) is 28.0. The average molecular weight is 626 g/mol. The van der Waals surface area contributed by atoms with Gasteiger partial charge in [0.25, 0.3) is 0 Å². The molecule has 10 atom stereocenters. The van der Waals surface area contributed by atoms with Crippen LogP contribution < -0.4 is 0 Å². The van der Waals surface area contributed by atoms with Crippen molar-refractivity contribution in [3.8, 4) is 0 Å². The first kappa shape index (κ1) is 30.5. The Labute approximate surface area is 274 Å². The minimum absolute atomic E-state index is 0.0108. The van der Waals surface area contributed by atoms with Crippen molar-refractivity contribution in [3.63, 3.8) is 0 Å². The number of methoxy groups -OCH3 is 1. The molecular weight excluding hydrogens is 574 g/mol. The molecule has 2 saturated carbocycles. The van der Waals surface area contributed by atoms with Crippen LogP contribution in [0.25, 0.3) is 0 Å². The minimum Gasteiger partial charge on any atom is -0.492 e. The maximum absolute atomic E-state index is 12.6. The Hall–Kier alpha value is -2.83. The van der Waals surface area contributed by atoms with Crippen molar-refractivity contribution in [2.75, 3.05) is 13.7 Å². The number of aliphatic hydroxyl groups excluding tert-OH is 1. The predicted octanol–water partition coefficient (Wildman–Crippen LogP) is 7.63. The highest BCUT2D eigenvalue weighted by Gasteiger charge is 2.63. The zero-order valence-electron chi connectivity index (χ0n) is 28.0. The number of rotatable bonds is 4. The van der Waals surface area contributed by atoms with E-state index in [1.54, 1.807) is 14.0 Å². The van der Waals surface area contributed by atoms with Gasteiger partial charge in [-0.25, -0.2) is 4.79 Å².